The Kier molecular flexibility index (Phi) is 5.68. The number of sulfonamides is 1. The molecule has 3 fully saturated rings. The van der Waals surface area contributed by atoms with Crippen LogP contribution in [0.3, 0.4) is 0 Å². The molecule has 3 aliphatic rings. The van der Waals surface area contributed by atoms with Gasteiger partial charge in [0.15, 0.2) is 0 Å². The van der Waals surface area contributed by atoms with E-state index in [4.69, 9.17) is 0 Å². The lowest BCUT2D eigenvalue weighted by Crippen LogP contribution is -2.45. The number of rotatable bonds is 4. The molecule has 3 heterocycles. The molecule has 168 valence electrons. The summed E-state index contributed by atoms with van der Waals surface area (Å²) < 4.78 is 27.8. The first-order chi connectivity index (χ1) is 14.6. The summed E-state index contributed by atoms with van der Waals surface area (Å²) in [5.41, 5.74) is 0.982. The normalized spacial score (nSPS) is 28.9. The number of likely N-dealkylation sites (tertiary alicyclic amines) is 2. The van der Waals surface area contributed by atoms with E-state index >= 15 is 0 Å². The minimum atomic E-state index is -3.68. The van der Waals surface area contributed by atoms with Gasteiger partial charge in [0, 0.05) is 32.5 Å². The maximum atomic E-state index is 13.2. The second kappa shape index (κ2) is 8.02. The molecule has 0 aromatic heterocycles. The van der Waals surface area contributed by atoms with Crippen molar-refractivity contribution in [3.05, 3.63) is 29.8 Å². The van der Waals surface area contributed by atoms with Crippen LogP contribution in [0.2, 0.25) is 0 Å². The van der Waals surface area contributed by atoms with Crippen LogP contribution in [0.15, 0.2) is 29.2 Å². The highest BCUT2D eigenvalue weighted by Crippen LogP contribution is 2.37. The highest BCUT2D eigenvalue weighted by Gasteiger charge is 2.54. The van der Waals surface area contributed by atoms with Crippen LogP contribution in [0, 0.1) is 12.8 Å². The Hall–Kier alpha value is -2.26. The monoisotopic (exact) mass is 447 g/mol. The van der Waals surface area contributed by atoms with Gasteiger partial charge in [-0.25, -0.2) is 8.42 Å². The average molecular weight is 448 g/mol. The Morgan fingerprint density at radius 1 is 1.10 bits per heavy atom. The van der Waals surface area contributed by atoms with Crippen molar-refractivity contribution in [3.8, 4) is 0 Å². The van der Waals surface area contributed by atoms with E-state index in [1.807, 2.05) is 6.92 Å². The zero-order chi connectivity index (χ0) is 22.5. The van der Waals surface area contributed by atoms with Crippen LogP contribution in [0.5, 0.6) is 0 Å². The second-order valence-corrected chi connectivity index (χ2v) is 10.8. The molecule has 0 radical (unpaired) electrons. The van der Waals surface area contributed by atoms with Crippen molar-refractivity contribution in [2.75, 3.05) is 13.1 Å². The molecule has 3 aliphatic heterocycles. The van der Waals surface area contributed by atoms with Crippen LogP contribution in [0.25, 0.3) is 0 Å². The zero-order valence-electron chi connectivity index (χ0n) is 18.2. The standard InChI is InChI=1S/C22H29N3O5S/c1-14-6-8-18(9-7-14)31(29,30)24-11-4-5-17(24)13-20(27)23-12-10-19-21(23)15(2)22(28)25(19)16(3)26/h6-9,15,17,19,21H,4-5,10-13H2,1-3H3/t15-,17+,19-,21+/m0/s1. The lowest BCUT2D eigenvalue weighted by molar-refractivity contribution is -0.143. The minimum Gasteiger partial charge on any atom is -0.337 e. The first-order valence-corrected chi connectivity index (χ1v) is 12.3. The van der Waals surface area contributed by atoms with Crippen molar-refractivity contribution in [3.63, 3.8) is 0 Å². The van der Waals surface area contributed by atoms with E-state index in [2.05, 4.69) is 0 Å². The largest absolute Gasteiger partial charge is 0.337 e. The number of nitrogens with zero attached hydrogens (tertiary/aromatic N) is 3. The maximum Gasteiger partial charge on any atom is 0.243 e. The molecule has 0 N–H and O–H groups in total. The fourth-order valence-electron chi connectivity index (χ4n) is 5.39. The van der Waals surface area contributed by atoms with Gasteiger partial charge in [0.2, 0.25) is 27.7 Å². The third-order valence-corrected chi connectivity index (χ3v) is 8.88. The molecular formula is C22H29N3O5S. The van der Waals surface area contributed by atoms with Gasteiger partial charge in [-0.15, -0.1) is 0 Å². The van der Waals surface area contributed by atoms with Crippen LogP contribution in [0.4, 0.5) is 0 Å². The highest BCUT2D eigenvalue weighted by molar-refractivity contribution is 7.89. The summed E-state index contributed by atoms with van der Waals surface area (Å²) >= 11 is 0. The molecular weight excluding hydrogens is 418 g/mol. The van der Waals surface area contributed by atoms with E-state index in [1.165, 1.54) is 16.1 Å². The number of fused-ring (bicyclic) bond motifs is 1. The molecule has 8 nitrogen and oxygen atoms in total. The van der Waals surface area contributed by atoms with E-state index in [9.17, 15) is 22.8 Å². The molecule has 0 unspecified atom stereocenters. The predicted molar refractivity (Wildman–Crippen MR) is 113 cm³/mol. The minimum absolute atomic E-state index is 0.0926. The summed E-state index contributed by atoms with van der Waals surface area (Å²) in [7, 11) is -3.68. The topological polar surface area (TPSA) is 95.1 Å². The Labute approximate surface area is 183 Å². The molecule has 31 heavy (non-hydrogen) atoms. The Morgan fingerprint density at radius 3 is 2.42 bits per heavy atom. The van der Waals surface area contributed by atoms with Crippen molar-refractivity contribution in [2.45, 2.75) is 69.5 Å². The Balaban J connectivity index is 1.50. The van der Waals surface area contributed by atoms with Gasteiger partial charge in [-0.1, -0.05) is 24.6 Å². The zero-order valence-corrected chi connectivity index (χ0v) is 19.0. The van der Waals surface area contributed by atoms with Gasteiger partial charge in [-0.3, -0.25) is 19.3 Å². The fourth-order valence-corrected chi connectivity index (χ4v) is 7.08. The highest BCUT2D eigenvalue weighted by atomic mass is 32.2. The molecule has 0 saturated carbocycles. The van der Waals surface area contributed by atoms with E-state index in [0.717, 1.165) is 5.56 Å². The third-order valence-electron chi connectivity index (χ3n) is 6.91. The van der Waals surface area contributed by atoms with Crippen molar-refractivity contribution in [1.82, 2.24) is 14.1 Å². The van der Waals surface area contributed by atoms with Crippen LogP contribution >= 0.6 is 0 Å². The maximum absolute atomic E-state index is 13.2. The quantitative estimate of drug-likeness (QED) is 0.698. The van der Waals surface area contributed by atoms with E-state index < -0.39 is 22.0 Å². The molecule has 1 aromatic rings. The summed E-state index contributed by atoms with van der Waals surface area (Å²) in [5, 5.41) is 0. The summed E-state index contributed by atoms with van der Waals surface area (Å²) in [6.45, 7) is 5.92. The number of carbonyl (C=O) groups excluding carboxylic acids is 3. The van der Waals surface area contributed by atoms with Crippen molar-refractivity contribution in [2.24, 2.45) is 5.92 Å². The average Bonchev–Trinajstić information content (AvgIpc) is 3.40. The molecule has 9 heteroatoms. The van der Waals surface area contributed by atoms with Crippen molar-refractivity contribution >= 4 is 27.7 Å². The van der Waals surface area contributed by atoms with Crippen LogP contribution < -0.4 is 0 Å². The molecule has 0 spiro atoms. The number of amides is 3. The lowest BCUT2D eigenvalue weighted by Gasteiger charge is -2.29. The third kappa shape index (κ3) is 3.67. The second-order valence-electron chi connectivity index (χ2n) is 8.88. The summed E-state index contributed by atoms with van der Waals surface area (Å²) in [6.07, 6.45) is 2.01. The molecule has 1 aromatic carbocycles. The van der Waals surface area contributed by atoms with Crippen molar-refractivity contribution < 1.29 is 22.8 Å². The summed E-state index contributed by atoms with van der Waals surface area (Å²) in [4.78, 5) is 40.9. The van der Waals surface area contributed by atoms with Gasteiger partial charge >= 0.3 is 0 Å². The number of carbonyl (C=O) groups is 3. The Morgan fingerprint density at radius 2 is 1.77 bits per heavy atom. The number of hydrogen-bond donors (Lipinski definition) is 0. The van der Waals surface area contributed by atoms with Crippen LogP contribution in [0.1, 0.15) is 45.1 Å². The predicted octanol–water partition coefficient (Wildman–Crippen LogP) is 1.53. The summed E-state index contributed by atoms with van der Waals surface area (Å²) in [6, 6.07) is 5.76. The van der Waals surface area contributed by atoms with Crippen LogP contribution in [-0.2, 0) is 24.4 Å². The van der Waals surface area contributed by atoms with Gasteiger partial charge in [0.1, 0.15) is 0 Å². The van der Waals surface area contributed by atoms with Gasteiger partial charge in [0.05, 0.1) is 22.9 Å². The summed E-state index contributed by atoms with van der Waals surface area (Å²) in [5.74, 6) is -1.10. The molecule has 0 aliphatic carbocycles. The van der Waals surface area contributed by atoms with Gasteiger partial charge < -0.3 is 4.90 Å². The molecule has 0 bridgehead atoms. The number of benzene rings is 1. The first-order valence-electron chi connectivity index (χ1n) is 10.8. The number of hydrogen-bond acceptors (Lipinski definition) is 5. The van der Waals surface area contributed by atoms with Gasteiger partial charge in [-0.05, 0) is 38.3 Å². The van der Waals surface area contributed by atoms with E-state index in [1.54, 1.807) is 36.1 Å². The SMILES string of the molecule is CC(=O)N1C(=O)[C@@H](C)[C@@H]2[C@@H]1CCN2C(=O)C[C@H]1CCCN1S(=O)(=O)c1ccc(C)cc1. The molecule has 4 atom stereocenters. The molecule has 3 saturated heterocycles. The molecule has 4 rings (SSSR count). The lowest BCUT2D eigenvalue weighted by atomic mass is 10.0. The number of aryl methyl sites for hydroxylation is 1. The Bertz CT molecular complexity index is 1010. The smallest absolute Gasteiger partial charge is 0.243 e. The molecule has 3 amide bonds. The van der Waals surface area contributed by atoms with Gasteiger partial charge in [-0.2, -0.15) is 4.31 Å². The fraction of sp³-hybridized carbons (Fsp3) is 0.591. The van der Waals surface area contributed by atoms with Crippen LogP contribution in [-0.4, -0.2) is 71.5 Å². The van der Waals surface area contributed by atoms with Crippen molar-refractivity contribution in [1.29, 1.82) is 0 Å². The van der Waals surface area contributed by atoms with E-state index in [0.29, 0.717) is 32.4 Å². The first kappa shape index (κ1) is 22.0. The number of imide groups is 1. The van der Waals surface area contributed by atoms with E-state index in [-0.39, 0.29) is 41.1 Å². The van der Waals surface area contributed by atoms with Gasteiger partial charge in [0.25, 0.3) is 0 Å².